The summed E-state index contributed by atoms with van der Waals surface area (Å²) in [5.41, 5.74) is 2.01. The first-order chi connectivity index (χ1) is 17.5. The fourth-order valence-electron chi connectivity index (χ4n) is 3.93. The average molecular weight is 542 g/mol. The van der Waals surface area contributed by atoms with E-state index < -0.39 is 28.5 Å². The highest BCUT2D eigenvalue weighted by Gasteiger charge is 2.33. The van der Waals surface area contributed by atoms with Gasteiger partial charge in [0.25, 0.3) is 0 Å². The zero-order chi connectivity index (χ0) is 27.0. The van der Waals surface area contributed by atoms with E-state index in [1.807, 2.05) is 44.2 Å². The zero-order valence-electron chi connectivity index (χ0n) is 21.2. The van der Waals surface area contributed by atoms with Crippen molar-refractivity contribution in [3.05, 3.63) is 101 Å². The van der Waals surface area contributed by atoms with Crippen molar-refractivity contribution in [1.29, 1.82) is 0 Å². The molecule has 1 N–H and O–H groups in total. The molecule has 0 aliphatic heterocycles. The lowest BCUT2D eigenvalue weighted by Crippen LogP contribution is -2.54. The topological polar surface area (TPSA) is 86.8 Å². The number of halogens is 1. The van der Waals surface area contributed by atoms with Crippen molar-refractivity contribution in [1.82, 2.24) is 10.2 Å². The Morgan fingerprint density at radius 2 is 1.43 bits per heavy atom. The van der Waals surface area contributed by atoms with Gasteiger partial charge in [0.1, 0.15) is 12.6 Å². The van der Waals surface area contributed by atoms with Crippen LogP contribution in [0.2, 0.25) is 5.02 Å². The molecule has 0 aliphatic rings. The van der Waals surface area contributed by atoms with Gasteiger partial charge in [-0.3, -0.25) is 13.9 Å². The lowest BCUT2D eigenvalue weighted by Gasteiger charge is -2.34. The van der Waals surface area contributed by atoms with E-state index in [1.165, 1.54) is 4.90 Å². The molecule has 3 rings (SSSR count). The van der Waals surface area contributed by atoms with Gasteiger partial charge in [-0.1, -0.05) is 72.3 Å². The van der Waals surface area contributed by atoms with Gasteiger partial charge in [-0.05, 0) is 49.2 Å². The fraction of sp³-hybridized carbons (Fsp3) is 0.286. The molecule has 3 aromatic carbocycles. The molecule has 7 nitrogen and oxygen atoms in total. The van der Waals surface area contributed by atoms with Crippen LogP contribution in [-0.2, 0) is 32.6 Å². The molecule has 0 unspecified atom stereocenters. The monoisotopic (exact) mass is 541 g/mol. The van der Waals surface area contributed by atoms with Crippen LogP contribution in [0.4, 0.5) is 5.69 Å². The minimum atomic E-state index is -3.78. The Bertz CT molecular complexity index is 1280. The van der Waals surface area contributed by atoms with Gasteiger partial charge in [0.05, 0.1) is 11.9 Å². The van der Waals surface area contributed by atoms with Crippen LogP contribution < -0.4 is 9.62 Å². The Morgan fingerprint density at radius 3 is 1.97 bits per heavy atom. The first-order valence-electron chi connectivity index (χ1n) is 12.0. The highest BCUT2D eigenvalue weighted by atomic mass is 35.5. The van der Waals surface area contributed by atoms with Gasteiger partial charge in [0.15, 0.2) is 0 Å². The number of sulfonamides is 1. The molecule has 0 saturated heterocycles. The SMILES string of the molecule is CC(C)NC(=O)[C@@H](Cc1ccccc1)N(Cc1ccc(Cl)cc1)C(=O)CN(c1ccccc1)S(C)(=O)=O. The van der Waals surface area contributed by atoms with Gasteiger partial charge in [0.2, 0.25) is 21.8 Å². The number of amides is 2. The number of nitrogens with zero attached hydrogens (tertiary/aromatic N) is 2. The standard InChI is InChI=1S/C28H32ClN3O4S/c1-21(2)30-28(34)26(18-22-10-6-4-7-11-22)31(19-23-14-16-24(29)17-15-23)27(33)20-32(37(3,35)36)25-12-8-5-9-13-25/h4-17,21,26H,18-20H2,1-3H3,(H,30,34)/t26-/m1/s1. The molecule has 0 spiro atoms. The highest BCUT2D eigenvalue weighted by Crippen LogP contribution is 2.20. The van der Waals surface area contributed by atoms with E-state index >= 15 is 0 Å². The third-order valence-corrected chi connectivity index (χ3v) is 7.08. The largest absolute Gasteiger partial charge is 0.352 e. The number of hydrogen-bond acceptors (Lipinski definition) is 4. The molecule has 37 heavy (non-hydrogen) atoms. The van der Waals surface area contributed by atoms with Crippen LogP contribution in [0.15, 0.2) is 84.9 Å². The lowest BCUT2D eigenvalue weighted by molar-refractivity contribution is -0.140. The second-order valence-electron chi connectivity index (χ2n) is 9.12. The van der Waals surface area contributed by atoms with E-state index in [9.17, 15) is 18.0 Å². The Kier molecular flexibility index (Phi) is 9.72. The van der Waals surface area contributed by atoms with Crippen molar-refractivity contribution in [2.75, 3.05) is 17.1 Å². The summed E-state index contributed by atoms with van der Waals surface area (Å²) in [5, 5.41) is 3.47. The molecule has 196 valence electrons. The number of carbonyl (C=O) groups excluding carboxylic acids is 2. The molecule has 1 atom stereocenters. The summed E-state index contributed by atoms with van der Waals surface area (Å²) in [7, 11) is -3.78. The molecule has 0 radical (unpaired) electrons. The second kappa shape index (κ2) is 12.7. The first-order valence-corrected chi connectivity index (χ1v) is 14.2. The van der Waals surface area contributed by atoms with E-state index in [0.717, 1.165) is 21.7 Å². The number of hydrogen-bond donors (Lipinski definition) is 1. The Labute approximate surface area is 224 Å². The van der Waals surface area contributed by atoms with Crippen LogP contribution in [-0.4, -0.2) is 50.0 Å². The predicted octanol–water partition coefficient (Wildman–Crippen LogP) is 4.27. The number of para-hydroxylation sites is 1. The van der Waals surface area contributed by atoms with E-state index in [1.54, 1.807) is 54.6 Å². The molecule has 0 fully saturated rings. The number of nitrogens with one attached hydrogen (secondary N) is 1. The second-order valence-corrected chi connectivity index (χ2v) is 11.5. The van der Waals surface area contributed by atoms with Crippen LogP contribution in [0.25, 0.3) is 0 Å². The van der Waals surface area contributed by atoms with Crippen molar-refractivity contribution in [3.63, 3.8) is 0 Å². The number of benzene rings is 3. The summed E-state index contributed by atoms with van der Waals surface area (Å²) in [6, 6.07) is 23.9. The quantitative estimate of drug-likeness (QED) is 0.393. The Morgan fingerprint density at radius 1 is 0.865 bits per heavy atom. The smallest absolute Gasteiger partial charge is 0.244 e. The number of carbonyl (C=O) groups is 2. The molecular weight excluding hydrogens is 510 g/mol. The maximum Gasteiger partial charge on any atom is 0.244 e. The van der Waals surface area contributed by atoms with Gasteiger partial charge >= 0.3 is 0 Å². The normalized spacial score (nSPS) is 12.1. The van der Waals surface area contributed by atoms with Crippen LogP contribution in [0.3, 0.4) is 0 Å². The summed E-state index contributed by atoms with van der Waals surface area (Å²) < 4.78 is 26.4. The van der Waals surface area contributed by atoms with Crippen molar-refractivity contribution in [3.8, 4) is 0 Å². The average Bonchev–Trinajstić information content (AvgIpc) is 2.85. The minimum Gasteiger partial charge on any atom is -0.352 e. The number of rotatable bonds is 11. The molecular formula is C28H32ClN3O4S. The molecule has 0 aromatic heterocycles. The van der Waals surface area contributed by atoms with Crippen molar-refractivity contribution < 1.29 is 18.0 Å². The Hall–Kier alpha value is -3.36. The van der Waals surface area contributed by atoms with Crippen LogP contribution in [0.1, 0.15) is 25.0 Å². The summed E-state index contributed by atoms with van der Waals surface area (Å²) in [6.07, 6.45) is 1.33. The third kappa shape index (κ3) is 8.33. The van der Waals surface area contributed by atoms with Gasteiger partial charge in [-0.25, -0.2) is 8.42 Å². The minimum absolute atomic E-state index is 0.103. The molecule has 3 aromatic rings. The van der Waals surface area contributed by atoms with E-state index in [0.29, 0.717) is 10.7 Å². The van der Waals surface area contributed by atoms with Crippen LogP contribution in [0, 0.1) is 0 Å². The van der Waals surface area contributed by atoms with E-state index in [4.69, 9.17) is 11.6 Å². The van der Waals surface area contributed by atoms with Gasteiger partial charge in [0, 0.05) is 24.0 Å². The summed E-state index contributed by atoms with van der Waals surface area (Å²) >= 11 is 6.06. The van der Waals surface area contributed by atoms with Crippen LogP contribution in [0.5, 0.6) is 0 Å². The predicted molar refractivity (Wildman–Crippen MR) is 148 cm³/mol. The maximum atomic E-state index is 13.9. The van der Waals surface area contributed by atoms with Gasteiger partial charge in [-0.15, -0.1) is 0 Å². The fourth-order valence-corrected chi connectivity index (χ4v) is 4.90. The summed E-state index contributed by atoms with van der Waals surface area (Å²) in [4.78, 5) is 28.8. The van der Waals surface area contributed by atoms with Crippen LogP contribution >= 0.6 is 11.6 Å². The van der Waals surface area contributed by atoms with Gasteiger partial charge < -0.3 is 10.2 Å². The lowest BCUT2D eigenvalue weighted by atomic mass is 10.0. The number of anilines is 1. The highest BCUT2D eigenvalue weighted by molar-refractivity contribution is 7.92. The molecule has 0 heterocycles. The van der Waals surface area contributed by atoms with Crippen molar-refractivity contribution >= 4 is 39.1 Å². The van der Waals surface area contributed by atoms with E-state index in [2.05, 4.69) is 5.32 Å². The molecule has 0 saturated carbocycles. The molecule has 0 bridgehead atoms. The maximum absolute atomic E-state index is 13.9. The van der Waals surface area contributed by atoms with Gasteiger partial charge in [-0.2, -0.15) is 0 Å². The molecule has 2 amide bonds. The summed E-state index contributed by atoms with van der Waals surface area (Å²) in [6.45, 7) is 3.36. The Balaban J connectivity index is 2.03. The van der Waals surface area contributed by atoms with E-state index in [-0.39, 0.29) is 24.9 Å². The van der Waals surface area contributed by atoms with Crippen molar-refractivity contribution in [2.24, 2.45) is 0 Å². The molecule has 9 heteroatoms. The summed E-state index contributed by atoms with van der Waals surface area (Å²) in [5.74, 6) is -0.809. The molecule has 0 aliphatic carbocycles. The zero-order valence-corrected chi connectivity index (χ0v) is 22.7. The third-order valence-electron chi connectivity index (χ3n) is 5.69. The van der Waals surface area contributed by atoms with Crippen molar-refractivity contribution in [2.45, 2.75) is 38.9 Å². The first kappa shape index (κ1) is 28.2.